The summed E-state index contributed by atoms with van der Waals surface area (Å²) in [6, 6.07) is 3.35. The van der Waals surface area contributed by atoms with Gasteiger partial charge in [-0.05, 0) is 28.1 Å². The standard InChI is InChI=1S/C8H3BrClF2NO2S/c9-6-2-5(8(11)12)7(16(10,14)15)1-4(6)3-13/h1-2,8H. The fourth-order valence-electron chi connectivity index (χ4n) is 1.04. The number of benzene rings is 1. The lowest BCUT2D eigenvalue weighted by atomic mass is 10.1. The molecule has 0 saturated heterocycles. The average Bonchev–Trinajstić information content (AvgIpc) is 2.15. The van der Waals surface area contributed by atoms with Gasteiger partial charge in [0.2, 0.25) is 0 Å². The number of hydrogen-bond acceptors (Lipinski definition) is 3. The van der Waals surface area contributed by atoms with Crippen LogP contribution >= 0.6 is 26.6 Å². The summed E-state index contributed by atoms with van der Waals surface area (Å²) in [5.41, 5.74) is -0.815. The average molecular weight is 331 g/mol. The molecule has 0 unspecified atom stereocenters. The minimum absolute atomic E-state index is 0.0800. The lowest BCUT2D eigenvalue weighted by molar-refractivity contribution is 0.148. The second-order valence-electron chi connectivity index (χ2n) is 2.72. The molecule has 0 heterocycles. The van der Waals surface area contributed by atoms with E-state index < -0.39 is 25.9 Å². The van der Waals surface area contributed by atoms with Crippen LogP contribution in [0.4, 0.5) is 8.78 Å². The molecule has 1 rings (SSSR count). The summed E-state index contributed by atoms with van der Waals surface area (Å²) in [6.07, 6.45) is -2.99. The molecule has 0 aliphatic rings. The lowest BCUT2D eigenvalue weighted by Gasteiger charge is -2.07. The van der Waals surface area contributed by atoms with Crippen molar-refractivity contribution >= 4 is 35.7 Å². The van der Waals surface area contributed by atoms with Crippen molar-refractivity contribution in [1.29, 1.82) is 5.26 Å². The van der Waals surface area contributed by atoms with Crippen molar-refractivity contribution in [3.05, 3.63) is 27.7 Å². The quantitative estimate of drug-likeness (QED) is 0.783. The third kappa shape index (κ3) is 2.70. The van der Waals surface area contributed by atoms with E-state index in [2.05, 4.69) is 15.9 Å². The van der Waals surface area contributed by atoms with Crippen molar-refractivity contribution in [2.75, 3.05) is 0 Å². The first-order chi connectivity index (χ1) is 7.27. The minimum atomic E-state index is -4.31. The predicted octanol–water partition coefficient (Wildman–Crippen LogP) is 3.19. The first-order valence-electron chi connectivity index (χ1n) is 3.73. The number of hydrogen-bond donors (Lipinski definition) is 0. The third-order valence-corrected chi connectivity index (χ3v) is 3.75. The highest BCUT2D eigenvalue weighted by Crippen LogP contribution is 2.33. The van der Waals surface area contributed by atoms with Crippen molar-refractivity contribution in [2.24, 2.45) is 0 Å². The van der Waals surface area contributed by atoms with Crippen LogP contribution in [0, 0.1) is 11.3 Å². The smallest absolute Gasteiger partial charge is 0.207 e. The van der Waals surface area contributed by atoms with Gasteiger partial charge in [0.15, 0.2) is 0 Å². The predicted molar refractivity (Wildman–Crippen MR) is 56.9 cm³/mol. The molecule has 0 saturated carbocycles. The van der Waals surface area contributed by atoms with Crippen LogP contribution in [0.2, 0.25) is 0 Å². The van der Waals surface area contributed by atoms with Gasteiger partial charge in [-0.15, -0.1) is 0 Å². The molecular formula is C8H3BrClF2NO2S. The summed E-state index contributed by atoms with van der Waals surface area (Å²) in [5.74, 6) is 0. The van der Waals surface area contributed by atoms with Gasteiger partial charge >= 0.3 is 0 Å². The molecule has 0 spiro atoms. The third-order valence-electron chi connectivity index (χ3n) is 1.72. The highest BCUT2D eigenvalue weighted by Gasteiger charge is 2.23. The van der Waals surface area contributed by atoms with E-state index >= 15 is 0 Å². The maximum atomic E-state index is 12.5. The highest BCUT2D eigenvalue weighted by atomic mass is 79.9. The molecule has 0 amide bonds. The Morgan fingerprint density at radius 1 is 1.44 bits per heavy atom. The van der Waals surface area contributed by atoms with Gasteiger partial charge in [-0.25, -0.2) is 17.2 Å². The number of alkyl halides is 2. The Morgan fingerprint density at radius 2 is 2.00 bits per heavy atom. The second-order valence-corrected chi connectivity index (χ2v) is 6.11. The SMILES string of the molecule is N#Cc1cc(S(=O)(=O)Cl)c(C(F)F)cc1Br. The zero-order valence-corrected chi connectivity index (χ0v) is 10.6. The van der Waals surface area contributed by atoms with Crippen molar-refractivity contribution in [3.8, 4) is 6.07 Å². The van der Waals surface area contributed by atoms with Crippen molar-refractivity contribution in [3.63, 3.8) is 0 Å². The van der Waals surface area contributed by atoms with Gasteiger partial charge in [-0.2, -0.15) is 5.26 Å². The first kappa shape index (κ1) is 13.4. The number of nitriles is 1. The van der Waals surface area contributed by atoms with Crippen molar-refractivity contribution in [2.45, 2.75) is 11.3 Å². The molecule has 0 atom stereocenters. The Balaban J connectivity index is 3.64. The van der Waals surface area contributed by atoms with Crippen LogP contribution in [0.1, 0.15) is 17.6 Å². The van der Waals surface area contributed by atoms with E-state index in [1.807, 2.05) is 0 Å². The molecule has 0 bridgehead atoms. The molecule has 3 nitrogen and oxygen atoms in total. The zero-order chi connectivity index (χ0) is 12.5. The number of nitrogens with zero attached hydrogens (tertiary/aromatic N) is 1. The van der Waals surface area contributed by atoms with E-state index in [0.717, 1.165) is 12.1 Å². The number of rotatable bonds is 2. The number of halogens is 4. The van der Waals surface area contributed by atoms with Gasteiger partial charge in [-0.3, -0.25) is 0 Å². The van der Waals surface area contributed by atoms with Crippen molar-refractivity contribution in [1.82, 2.24) is 0 Å². The van der Waals surface area contributed by atoms with Crippen LogP contribution in [0.5, 0.6) is 0 Å². The molecule has 0 N–H and O–H groups in total. The second kappa shape index (κ2) is 4.65. The van der Waals surface area contributed by atoms with Crippen molar-refractivity contribution < 1.29 is 17.2 Å². The van der Waals surface area contributed by atoms with E-state index in [1.54, 1.807) is 6.07 Å². The van der Waals surface area contributed by atoms with Crippen LogP contribution in [-0.4, -0.2) is 8.42 Å². The fraction of sp³-hybridized carbons (Fsp3) is 0.125. The molecule has 1 aromatic carbocycles. The maximum absolute atomic E-state index is 12.5. The Labute approximate surface area is 103 Å². The van der Waals surface area contributed by atoms with Gasteiger partial charge in [-0.1, -0.05) is 0 Å². The van der Waals surface area contributed by atoms with Crippen LogP contribution in [0.25, 0.3) is 0 Å². The van der Waals surface area contributed by atoms with E-state index in [-0.39, 0.29) is 10.0 Å². The Bertz CT molecular complexity index is 568. The Kier molecular flexibility index (Phi) is 3.88. The van der Waals surface area contributed by atoms with Crippen LogP contribution in [0.3, 0.4) is 0 Å². The van der Waals surface area contributed by atoms with Crippen LogP contribution < -0.4 is 0 Å². The molecular weight excluding hydrogens is 328 g/mol. The van der Waals surface area contributed by atoms with E-state index in [1.165, 1.54) is 0 Å². The first-order valence-corrected chi connectivity index (χ1v) is 6.84. The molecule has 1 aromatic rings. The Hall–Kier alpha value is -0.710. The van der Waals surface area contributed by atoms with Crippen LogP contribution in [0.15, 0.2) is 21.5 Å². The van der Waals surface area contributed by atoms with E-state index in [4.69, 9.17) is 15.9 Å². The largest absolute Gasteiger partial charge is 0.265 e. The van der Waals surface area contributed by atoms with Gasteiger partial charge in [0, 0.05) is 20.7 Å². The lowest BCUT2D eigenvalue weighted by Crippen LogP contribution is -2.00. The van der Waals surface area contributed by atoms with E-state index in [9.17, 15) is 17.2 Å². The van der Waals surface area contributed by atoms with Crippen LogP contribution in [-0.2, 0) is 9.05 Å². The summed E-state index contributed by atoms with van der Waals surface area (Å²) in [5, 5.41) is 8.63. The van der Waals surface area contributed by atoms with Gasteiger partial charge in [0.25, 0.3) is 15.5 Å². The van der Waals surface area contributed by atoms with Gasteiger partial charge in [0.05, 0.1) is 10.5 Å². The highest BCUT2D eigenvalue weighted by molar-refractivity contribution is 9.10. The molecule has 86 valence electrons. The monoisotopic (exact) mass is 329 g/mol. The normalized spacial score (nSPS) is 11.5. The molecule has 8 heteroatoms. The van der Waals surface area contributed by atoms with E-state index in [0.29, 0.717) is 0 Å². The molecule has 16 heavy (non-hydrogen) atoms. The Morgan fingerprint density at radius 3 is 2.38 bits per heavy atom. The maximum Gasteiger partial charge on any atom is 0.265 e. The summed E-state index contributed by atoms with van der Waals surface area (Å²) in [6.45, 7) is 0. The minimum Gasteiger partial charge on any atom is -0.207 e. The molecule has 0 aliphatic carbocycles. The summed E-state index contributed by atoms with van der Waals surface area (Å²) in [4.78, 5) is -0.746. The summed E-state index contributed by atoms with van der Waals surface area (Å²) < 4.78 is 47.3. The topological polar surface area (TPSA) is 57.9 Å². The molecule has 0 aromatic heterocycles. The summed E-state index contributed by atoms with van der Waals surface area (Å²) >= 11 is 2.88. The van der Waals surface area contributed by atoms with Gasteiger partial charge in [0.1, 0.15) is 6.07 Å². The van der Waals surface area contributed by atoms with Gasteiger partial charge < -0.3 is 0 Å². The summed E-state index contributed by atoms with van der Waals surface area (Å²) in [7, 11) is 0.696. The molecule has 0 radical (unpaired) electrons. The fourth-order valence-corrected chi connectivity index (χ4v) is 2.57. The molecule has 0 fully saturated rings. The zero-order valence-electron chi connectivity index (χ0n) is 7.42. The molecule has 0 aliphatic heterocycles.